The van der Waals surface area contributed by atoms with Crippen LogP contribution in [-0.2, 0) is 7.05 Å². The Kier molecular flexibility index (Phi) is 4.93. The Bertz CT molecular complexity index is 1170. The summed E-state index contributed by atoms with van der Waals surface area (Å²) >= 11 is 7.36. The Morgan fingerprint density at radius 1 is 1.18 bits per heavy atom. The van der Waals surface area contributed by atoms with E-state index in [0.717, 1.165) is 10.6 Å². The molecule has 0 aliphatic carbocycles. The standard InChI is InChI=1S/C20H14ClFN4OS/c1-26-17(10-16(25-26)13-7-3-5-9-15(13)22)18-11-23-20(28-18)24-19(27)12-6-2-4-8-14(12)21/h2-11H,1H3,(H,23,24,27). The largest absolute Gasteiger partial charge is 0.298 e. The van der Waals surface area contributed by atoms with Crippen molar-refractivity contribution in [3.63, 3.8) is 0 Å². The molecule has 0 saturated carbocycles. The van der Waals surface area contributed by atoms with Gasteiger partial charge in [0.05, 0.1) is 26.9 Å². The molecule has 0 atom stereocenters. The lowest BCUT2D eigenvalue weighted by atomic mass is 10.1. The highest BCUT2D eigenvalue weighted by molar-refractivity contribution is 7.19. The quantitative estimate of drug-likeness (QED) is 0.497. The molecule has 2 heterocycles. The monoisotopic (exact) mass is 412 g/mol. The maximum atomic E-state index is 14.0. The van der Waals surface area contributed by atoms with Crippen molar-refractivity contribution in [2.75, 3.05) is 5.32 Å². The first kappa shape index (κ1) is 18.3. The zero-order valence-corrected chi connectivity index (χ0v) is 16.3. The van der Waals surface area contributed by atoms with Gasteiger partial charge in [-0.05, 0) is 30.3 Å². The third-order valence-corrected chi connectivity index (χ3v) is 5.39. The normalized spacial score (nSPS) is 10.8. The summed E-state index contributed by atoms with van der Waals surface area (Å²) in [5.41, 5.74) is 2.11. The number of aromatic nitrogens is 3. The van der Waals surface area contributed by atoms with Crippen molar-refractivity contribution in [1.29, 1.82) is 0 Å². The molecule has 0 aliphatic heterocycles. The smallest absolute Gasteiger partial charge is 0.258 e. The Labute approximate surface area is 169 Å². The maximum Gasteiger partial charge on any atom is 0.258 e. The molecule has 5 nitrogen and oxygen atoms in total. The Morgan fingerprint density at radius 2 is 1.93 bits per heavy atom. The van der Waals surface area contributed by atoms with Crippen molar-refractivity contribution in [3.8, 4) is 21.8 Å². The second-order valence-corrected chi connectivity index (χ2v) is 7.42. The molecule has 4 rings (SSSR count). The predicted molar refractivity (Wildman–Crippen MR) is 109 cm³/mol. The van der Waals surface area contributed by atoms with Gasteiger partial charge < -0.3 is 0 Å². The fourth-order valence-corrected chi connectivity index (χ4v) is 3.84. The average molecular weight is 413 g/mol. The highest BCUT2D eigenvalue weighted by atomic mass is 35.5. The molecule has 0 radical (unpaired) electrons. The molecule has 0 unspecified atom stereocenters. The van der Waals surface area contributed by atoms with Crippen LogP contribution >= 0.6 is 22.9 Å². The van der Waals surface area contributed by atoms with E-state index in [1.807, 2.05) is 0 Å². The highest BCUT2D eigenvalue weighted by Crippen LogP contribution is 2.32. The Balaban J connectivity index is 1.59. The van der Waals surface area contributed by atoms with Crippen LogP contribution in [0.3, 0.4) is 0 Å². The number of rotatable bonds is 4. The summed E-state index contributed by atoms with van der Waals surface area (Å²) in [6.07, 6.45) is 1.65. The summed E-state index contributed by atoms with van der Waals surface area (Å²) in [4.78, 5) is 17.4. The van der Waals surface area contributed by atoms with Crippen molar-refractivity contribution in [2.24, 2.45) is 7.05 Å². The maximum absolute atomic E-state index is 14.0. The minimum atomic E-state index is -0.330. The molecule has 0 saturated heterocycles. The van der Waals surface area contributed by atoms with Crippen molar-refractivity contribution < 1.29 is 9.18 Å². The lowest BCUT2D eigenvalue weighted by Gasteiger charge is -2.03. The number of aryl methyl sites for hydroxylation is 1. The minimum Gasteiger partial charge on any atom is -0.298 e. The van der Waals surface area contributed by atoms with E-state index >= 15 is 0 Å². The Morgan fingerprint density at radius 3 is 2.71 bits per heavy atom. The fourth-order valence-electron chi connectivity index (χ4n) is 2.76. The van der Waals surface area contributed by atoms with Crippen molar-refractivity contribution in [2.45, 2.75) is 0 Å². The number of hydrogen-bond donors (Lipinski definition) is 1. The lowest BCUT2D eigenvalue weighted by molar-refractivity contribution is 0.102. The molecule has 4 aromatic rings. The van der Waals surface area contributed by atoms with Crippen LogP contribution in [0.2, 0.25) is 5.02 Å². The number of benzene rings is 2. The predicted octanol–water partition coefficient (Wildman–Crippen LogP) is 5.26. The van der Waals surface area contributed by atoms with E-state index in [9.17, 15) is 9.18 Å². The van der Waals surface area contributed by atoms with Crippen LogP contribution in [-0.4, -0.2) is 20.7 Å². The molecule has 28 heavy (non-hydrogen) atoms. The molecular formula is C20H14ClFN4OS. The molecule has 0 bridgehead atoms. The van der Waals surface area contributed by atoms with Gasteiger partial charge in [-0.1, -0.05) is 47.2 Å². The number of carbonyl (C=O) groups excluding carboxylic acids is 1. The molecule has 2 aromatic carbocycles. The van der Waals surface area contributed by atoms with Crippen LogP contribution in [0.25, 0.3) is 21.8 Å². The molecule has 0 aliphatic rings. The molecule has 1 amide bonds. The third kappa shape index (κ3) is 3.54. The average Bonchev–Trinajstić information content (AvgIpc) is 3.28. The van der Waals surface area contributed by atoms with Gasteiger partial charge in [0.25, 0.3) is 5.91 Å². The van der Waals surface area contributed by atoms with Crippen LogP contribution < -0.4 is 5.32 Å². The molecule has 0 fully saturated rings. The van der Waals surface area contributed by atoms with Gasteiger partial charge in [-0.25, -0.2) is 9.37 Å². The van der Waals surface area contributed by atoms with Gasteiger partial charge in [-0.15, -0.1) is 0 Å². The Hall–Kier alpha value is -3.03. The number of amides is 1. The zero-order valence-electron chi connectivity index (χ0n) is 14.7. The first-order valence-corrected chi connectivity index (χ1v) is 9.53. The van der Waals surface area contributed by atoms with Crippen LogP contribution in [0.4, 0.5) is 9.52 Å². The number of anilines is 1. The summed E-state index contributed by atoms with van der Waals surface area (Å²) in [5, 5.41) is 7.96. The summed E-state index contributed by atoms with van der Waals surface area (Å²) in [6, 6.07) is 15.1. The van der Waals surface area contributed by atoms with Crippen LogP contribution in [0.5, 0.6) is 0 Å². The van der Waals surface area contributed by atoms with Gasteiger partial charge in [-0.3, -0.25) is 14.8 Å². The molecular weight excluding hydrogens is 399 g/mol. The van der Waals surface area contributed by atoms with Crippen LogP contribution in [0, 0.1) is 5.82 Å². The van der Waals surface area contributed by atoms with Crippen LogP contribution in [0.1, 0.15) is 10.4 Å². The number of nitrogens with one attached hydrogen (secondary N) is 1. The number of carbonyl (C=O) groups is 1. The molecule has 140 valence electrons. The van der Waals surface area contributed by atoms with E-state index in [2.05, 4.69) is 15.4 Å². The van der Waals surface area contributed by atoms with E-state index < -0.39 is 0 Å². The SMILES string of the molecule is Cn1nc(-c2ccccc2F)cc1-c1cnc(NC(=O)c2ccccc2Cl)s1. The first-order valence-electron chi connectivity index (χ1n) is 8.34. The number of nitrogens with zero attached hydrogens (tertiary/aromatic N) is 3. The molecule has 2 aromatic heterocycles. The van der Waals surface area contributed by atoms with Gasteiger partial charge in [-0.2, -0.15) is 5.10 Å². The molecule has 1 N–H and O–H groups in total. The first-order chi connectivity index (χ1) is 13.5. The molecule has 8 heteroatoms. The topological polar surface area (TPSA) is 59.8 Å². The summed E-state index contributed by atoms with van der Waals surface area (Å²) in [6.45, 7) is 0. The van der Waals surface area contributed by atoms with Crippen molar-refractivity contribution in [3.05, 3.63) is 77.2 Å². The van der Waals surface area contributed by atoms with E-state index in [1.54, 1.807) is 66.5 Å². The summed E-state index contributed by atoms with van der Waals surface area (Å²) < 4.78 is 15.7. The van der Waals surface area contributed by atoms with Gasteiger partial charge in [0.1, 0.15) is 5.82 Å². The fraction of sp³-hybridized carbons (Fsp3) is 0.0500. The summed E-state index contributed by atoms with van der Waals surface area (Å²) in [7, 11) is 1.78. The second kappa shape index (κ2) is 7.53. The number of halogens is 2. The van der Waals surface area contributed by atoms with Crippen LogP contribution in [0.15, 0.2) is 60.8 Å². The number of thiazole rings is 1. The van der Waals surface area contributed by atoms with Gasteiger partial charge in [0, 0.05) is 18.8 Å². The number of hydrogen-bond acceptors (Lipinski definition) is 4. The zero-order chi connectivity index (χ0) is 19.7. The van der Waals surface area contributed by atoms with Gasteiger partial charge in [0.15, 0.2) is 5.13 Å². The summed E-state index contributed by atoms with van der Waals surface area (Å²) in [5.74, 6) is -0.660. The van der Waals surface area contributed by atoms with E-state index in [1.165, 1.54) is 17.4 Å². The molecule has 0 spiro atoms. The van der Waals surface area contributed by atoms with Gasteiger partial charge >= 0.3 is 0 Å². The van der Waals surface area contributed by atoms with Gasteiger partial charge in [0.2, 0.25) is 0 Å². The van der Waals surface area contributed by atoms with E-state index in [0.29, 0.717) is 27.0 Å². The van der Waals surface area contributed by atoms with E-state index in [-0.39, 0.29) is 11.7 Å². The highest BCUT2D eigenvalue weighted by Gasteiger charge is 2.16. The third-order valence-electron chi connectivity index (χ3n) is 4.13. The van der Waals surface area contributed by atoms with E-state index in [4.69, 9.17) is 11.6 Å². The second-order valence-electron chi connectivity index (χ2n) is 5.98. The lowest BCUT2D eigenvalue weighted by Crippen LogP contribution is -2.11. The van der Waals surface area contributed by atoms with Crippen molar-refractivity contribution in [1.82, 2.24) is 14.8 Å². The van der Waals surface area contributed by atoms with Crippen molar-refractivity contribution >= 4 is 34.0 Å². The minimum absolute atomic E-state index is 0.329.